The Balaban J connectivity index is 2.72. The standard InChI is InChI=1S/C13H21BrN2/c1-5-11(6-2)10(4)16-13-12(14)7-9(3)8-15-13/h7-8,10-11H,5-6H2,1-4H3,(H,15,16). The van der Waals surface area contributed by atoms with Gasteiger partial charge in [-0.1, -0.05) is 26.7 Å². The van der Waals surface area contributed by atoms with Gasteiger partial charge in [-0.15, -0.1) is 0 Å². The van der Waals surface area contributed by atoms with Gasteiger partial charge in [-0.2, -0.15) is 0 Å². The molecule has 0 spiro atoms. The number of nitrogens with one attached hydrogen (secondary N) is 1. The first-order valence-electron chi connectivity index (χ1n) is 5.97. The lowest BCUT2D eigenvalue weighted by atomic mass is 9.95. The van der Waals surface area contributed by atoms with Gasteiger partial charge in [-0.05, 0) is 47.3 Å². The Kier molecular flexibility index (Phi) is 5.26. The van der Waals surface area contributed by atoms with Crippen LogP contribution in [0, 0.1) is 12.8 Å². The van der Waals surface area contributed by atoms with Gasteiger partial charge in [0.15, 0.2) is 0 Å². The molecular weight excluding hydrogens is 264 g/mol. The highest BCUT2D eigenvalue weighted by atomic mass is 79.9. The summed E-state index contributed by atoms with van der Waals surface area (Å²) < 4.78 is 1.05. The maximum atomic E-state index is 4.41. The molecule has 1 aromatic rings. The molecule has 0 saturated heterocycles. The van der Waals surface area contributed by atoms with Crippen molar-refractivity contribution in [2.24, 2.45) is 5.92 Å². The molecule has 90 valence electrons. The third-order valence-electron chi connectivity index (χ3n) is 3.10. The molecule has 2 nitrogen and oxygen atoms in total. The number of hydrogen-bond acceptors (Lipinski definition) is 2. The van der Waals surface area contributed by atoms with E-state index in [0.717, 1.165) is 10.3 Å². The van der Waals surface area contributed by atoms with Crippen molar-refractivity contribution in [1.29, 1.82) is 0 Å². The first-order chi connectivity index (χ1) is 7.58. The van der Waals surface area contributed by atoms with Gasteiger partial charge in [0, 0.05) is 12.2 Å². The topological polar surface area (TPSA) is 24.9 Å². The molecule has 0 aliphatic heterocycles. The minimum atomic E-state index is 0.460. The number of halogens is 1. The molecule has 16 heavy (non-hydrogen) atoms. The van der Waals surface area contributed by atoms with E-state index in [1.807, 2.05) is 13.1 Å². The van der Waals surface area contributed by atoms with Crippen molar-refractivity contribution in [2.45, 2.75) is 46.6 Å². The number of hydrogen-bond donors (Lipinski definition) is 1. The Labute approximate surface area is 107 Å². The van der Waals surface area contributed by atoms with Gasteiger partial charge in [0.05, 0.1) is 4.47 Å². The molecule has 0 aromatic carbocycles. The molecule has 0 aliphatic rings. The fraction of sp³-hybridized carbons (Fsp3) is 0.615. The minimum absolute atomic E-state index is 0.460. The van der Waals surface area contributed by atoms with Crippen molar-refractivity contribution in [1.82, 2.24) is 4.98 Å². The smallest absolute Gasteiger partial charge is 0.140 e. The number of nitrogens with zero attached hydrogens (tertiary/aromatic N) is 1. The quantitative estimate of drug-likeness (QED) is 0.868. The summed E-state index contributed by atoms with van der Waals surface area (Å²) in [6.07, 6.45) is 4.30. The van der Waals surface area contributed by atoms with E-state index in [-0.39, 0.29) is 0 Å². The van der Waals surface area contributed by atoms with Gasteiger partial charge in [0.25, 0.3) is 0 Å². The molecule has 1 heterocycles. The zero-order valence-corrected chi connectivity index (χ0v) is 12.1. The van der Waals surface area contributed by atoms with E-state index in [0.29, 0.717) is 12.0 Å². The molecule has 1 unspecified atom stereocenters. The monoisotopic (exact) mass is 284 g/mol. The molecular formula is C13H21BrN2. The lowest BCUT2D eigenvalue weighted by Crippen LogP contribution is -2.25. The SMILES string of the molecule is CCC(CC)C(C)Nc1ncc(C)cc1Br. The summed E-state index contributed by atoms with van der Waals surface area (Å²) in [6.45, 7) is 8.76. The van der Waals surface area contributed by atoms with E-state index in [1.54, 1.807) is 0 Å². The molecule has 0 aliphatic carbocycles. The van der Waals surface area contributed by atoms with Crippen LogP contribution < -0.4 is 5.32 Å². The van der Waals surface area contributed by atoms with Crippen LogP contribution in [0.4, 0.5) is 5.82 Å². The summed E-state index contributed by atoms with van der Waals surface area (Å²) in [4.78, 5) is 4.41. The van der Waals surface area contributed by atoms with Crippen LogP contribution in [0.5, 0.6) is 0 Å². The van der Waals surface area contributed by atoms with Gasteiger partial charge in [-0.25, -0.2) is 4.98 Å². The highest BCUT2D eigenvalue weighted by molar-refractivity contribution is 9.10. The van der Waals surface area contributed by atoms with Gasteiger partial charge < -0.3 is 5.32 Å². The van der Waals surface area contributed by atoms with Crippen LogP contribution >= 0.6 is 15.9 Å². The number of aryl methyl sites for hydroxylation is 1. The van der Waals surface area contributed by atoms with Crippen molar-refractivity contribution < 1.29 is 0 Å². The van der Waals surface area contributed by atoms with Crippen molar-refractivity contribution in [3.05, 3.63) is 22.3 Å². The number of aromatic nitrogens is 1. The zero-order valence-electron chi connectivity index (χ0n) is 10.5. The van der Waals surface area contributed by atoms with E-state index in [9.17, 15) is 0 Å². The first kappa shape index (κ1) is 13.5. The van der Waals surface area contributed by atoms with Crippen molar-refractivity contribution in [3.63, 3.8) is 0 Å². The van der Waals surface area contributed by atoms with Crippen LogP contribution in [-0.2, 0) is 0 Å². The summed E-state index contributed by atoms with van der Waals surface area (Å²) in [5.74, 6) is 1.65. The van der Waals surface area contributed by atoms with Gasteiger partial charge in [-0.3, -0.25) is 0 Å². The largest absolute Gasteiger partial charge is 0.366 e. The summed E-state index contributed by atoms with van der Waals surface area (Å²) in [5, 5.41) is 3.48. The van der Waals surface area contributed by atoms with E-state index in [4.69, 9.17) is 0 Å². The van der Waals surface area contributed by atoms with Crippen LogP contribution in [0.1, 0.15) is 39.2 Å². The molecule has 1 N–H and O–H groups in total. The summed E-state index contributed by atoms with van der Waals surface area (Å²) in [7, 11) is 0. The minimum Gasteiger partial charge on any atom is -0.366 e. The Bertz CT molecular complexity index is 335. The number of pyridine rings is 1. The predicted octanol–water partition coefficient (Wildman–Crippen LogP) is 4.39. The molecule has 1 aromatic heterocycles. The highest BCUT2D eigenvalue weighted by Crippen LogP contribution is 2.24. The molecule has 0 radical (unpaired) electrons. The molecule has 1 rings (SSSR count). The highest BCUT2D eigenvalue weighted by Gasteiger charge is 2.14. The zero-order chi connectivity index (χ0) is 12.1. The average Bonchev–Trinajstić information content (AvgIpc) is 2.24. The Hall–Kier alpha value is -0.570. The van der Waals surface area contributed by atoms with E-state index in [1.165, 1.54) is 18.4 Å². The van der Waals surface area contributed by atoms with Crippen molar-refractivity contribution in [2.75, 3.05) is 5.32 Å². The predicted molar refractivity (Wildman–Crippen MR) is 73.8 cm³/mol. The first-order valence-corrected chi connectivity index (χ1v) is 6.76. The van der Waals surface area contributed by atoms with Crippen LogP contribution in [0.15, 0.2) is 16.7 Å². The Morgan fingerprint density at radius 2 is 2.00 bits per heavy atom. The number of anilines is 1. The summed E-state index contributed by atoms with van der Waals surface area (Å²) >= 11 is 3.54. The van der Waals surface area contributed by atoms with Crippen LogP contribution in [0.25, 0.3) is 0 Å². The van der Waals surface area contributed by atoms with Gasteiger partial charge in [0.2, 0.25) is 0 Å². The summed E-state index contributed by atoms with van der Waals surface area (Å²) in [6, 6.07) is 2.55. The van der Waals surface area contributed by atoms with Crippen LogP contribution in [-0.4, -0.2) is 11.0 Å². The lowest BCUT2D eigenvalue weighted by molar-refractivity contribution is 0.437. The molecule has 0 bridgehead atoms. The Morgan fingerprint density at radius 1 is 1.38 bits per heavy atom. The fourth-order valence-corrected chi connectivity index (χ4v) is 2.55. The van der Waals surface area contributed by atoms with Gasteiger partial charge >= 0.3 is 0 Å². The molecule has 0 amide bonds. The molecule has 3 heteroatoms. The third kappa shape index (κ3) is 3.48. The molecule has 1 atom stereocenters. The fourth-order valence-electron chi connectivity index (χ4n) is 1.97. The van der Waals surface area contributed by atoms with E-state index >= 15 is 0 Å². The summed E-state index contributed by atoms with van der Waals surface area (Å²) in [5.41, 5.74) is 1.17. The van der Waals surface area contributed by atoms with E-state index < -0.39 is 0 Å². The second-order valence-electron chi connectivity index (χ2n) is 4.35. The van der Waals surface area contributed by atoms with Crippen LogP contribution in [0.3, 0.4) is 0 Å². The second kappa shape index (κ2) is 6.24. The average molecular weight is 285 g/mol. The normalized spacial score (nSPS) is 12.9. The van der Waals surface area contributed by atoms with Gasteiger partial charge in [0.1, 0.15) is 5.82 Å². The van der Waals surface area contributed by atoms with Crippen LogP contribution in [0.2, 0.25) is 0 Å². The number of rotatable bonds is 5. The lowest BCUT2D eigenvalue weighted by Gasteiger charge is -2.23. The second-order valence-corrected chi connectivity index (χ2v) is 5.21. The van der Waals surface area contributed by atoms with Crippen molar-refractivity contribution in [3.8, 4) is 0 Å². The van der Waals surface area contributed by atoms with Crippen molar-refractivity contribution >= 4 is 21.7 Å². The maximum Gasteiger partial charge on any atom is 0.140 e. The Morgan fingerprint density at radius 3 is 2.50 bits per heavy atom. The molecule has 0 saturated carbocycles. The third-order valence-corrected chi connectivity index (χ3v) is 3.70. The molecule has 0 fully saturated rings. The van der Waals surface area contributed by atoms with E-state index in [2.05, 4.69) is 53.1 Å². The maximum absolute atomic E-state index is 4.41.